The number of hydrogen-bond acceptors (Lipinski definition) is 4. The lowest BCUT2D eigenvalue weighted by atomic mass is 9.65. The van der Waals surface area contributed by atoms with Gasteiger partial charge in [0.15, 0.2) is 0 Å². The van der Waals surface area contributed by atoms with E-state index in [9.17, 15) is 9.59 Å². The van der Waals surface area contributed by atoms with Crippen molar-refractivity contribution in [3.8, 4) is 0 Å². The molecule has 7 heteroatoms. The molecular weight excluding hydrogens is 318 g/mol. The molecule has 1 aromatic rings. The van der Waals surface area contributed by atoms with E-state index in [4.69, 9.17) is 0 Å². The Morgan fingerprint density at radius 1 is 1.36 bits per heavy atom. The molecule has 2 rings (SSSR count). The summed E-state index contributed by atoms with van der Waals surface area (Å²) < 4.78 is 1.97. The van der Waals surface area contributed by atoms with Gasteiger partial charge in [0.05, 0.1) is 5.41 Å². The van der Waals surface area contributed by atoms with Gasteiger partial charge in [-0.1, -0.05) is 20.8 Å². The lowest BCUT2D eigenvalue weighted by Crippen LogP contribution is -2.49. The van der Waals surface area contributed by atoms with Crippen LogP contribution in [-0.2, 0) is 22.6 Å². The largest absolute Gasteiger partial charge is 0.355 e. The van der Waals surface area contributed by atoms with E-state index in [1.54, 1.807) is 25.3 Å². The minimum atomic E-state index is -0.554. The van der Waals surface area contributed by atoms with Gasteiger partial charge in [0, 0.05) is 39.5 Å². The van der Waals surface area contributed by atoms with Crippen LogP contribution in [0, 0.1) is 16.7 Å². The zero-order valence-corrected chi connectivity index (χ0v) is 16.3. The molecular formula is C18H31N5O2. The van der Waals surface area contributed by atoms with Crippen molar-refractivity contribution >= 4 is 11.8 Å². The van der Waals surface area contributed by atoms with Crippen LogP contribution in [0.25, 0.3) is 0 Å². The van der Waals surface area contributed by atoms with E-state index < -0.39 is 5.41 Å². The first-order valence-electron chi connectivity index (χ1n) is 9.01. The van der Waals surface area contributed by atoms with Crippen LogP contribution in [0.4, 0.5) is 0 Å². The molecule has 0 saturated heterocycles. The molecule has 1 aliphatic rings. The van der Waals surface area contributed by atoms with Crippen molar-refractivity contribution in [3.05, 3.63) is 12.2 Å². The highest BCUT2D eigenvalue weighted by Crippen LogP contribution is 2.56. The quantitative estimate of drug-likeness (QED) is 0.844. The Labute approximate surface area is 150 Å². The fourth-order valence-electron chi connectivity index (χ4n) is 3.87. The summed E-state index contributed by atoms with van der Waals surface area (Å²) in [6.07, 6.45) is 3.82. The Bertz CT molecular complexity index is 637. The summed E-state index contributed by atoms with van der Waals surface area (Å²) in [5.74, 6) is 0.882. The van der Waals surface area contributed by atoms with Crippen molar-refractivity contribution in [2.45, 2.75) is 53.5 Å². The van der Waals surface area contributed by atoms with E-state index in [1.807, 2.05) is 32.3 Å². The van der Waals surface area contributed by atoms with Crippen LogP contribution in [-0.4, -0.2) is 52.1 Å². The van der Waals surface area contributed by atoms with Crippen LogP contribution in [0.15, 0.2) is 6.33 Å². The second kappa shape index (κ2) is 7.14. The van der Waals surface area contributed by atoms with Crippen molar-refractivity contribution in [1.29, 1.82) is 0 Å². The molecule has 1 saturated carbocycles. The Kier molecular flexibility index (Phi) is 5.54. The van der Waals surface area contributed by atoms with Gasteiger partial charge in [-0.25, -0.2) is 0 Å². The van der Waals surface area contributed by atoms with Crippen LogP contribution in [0.5, 0.6) is 0 Å². The number of amides is 2. The van der Waals surface area contributed by atoms with Crippen LogP contribution >= 0.6 is 0 Å². The summed E-state index contributed by atoms with van der Waals surface area (Å²) in [5, 5.41) is 11.1. The van der Waals surface area contributed by atoms with E-state index in [0.29, 0.717) is 13.0 Å². The van der Waals surface area contributed by atoms with Crippen molar-refractivity contribution < 1.29 is 9.59 Å². The number of aromatic nitrogens is 3. The molecule has 1 N–H and O–H groups in total. The van der Waals surface area contributed by atoms with Crippen molar-refractivity contribution in [2.75, 3.05) is 20.6 Å². The molecule has 1 aromatic heterocycles. The Balaban J connectivity index is 2.02. The van der Waals surface area contributed by atoms with Gasteiger partial charge in [-0.2, -0.15) is 0 Å². The first kappa shape index (κ1) is 19.4. The SMILES string of the molecule is CCn1cnnc1CCNC(=O)[C@@]1(C)CC[C@@H](C(=O)N(C)C)C1(C)C. The summed E-state index contributed by atoms with van der Waals surface area (Å²) in [7, 11) is 3.55. The molecule has 2 atom stereocenters. The molecule has 0 spiro atoms. The third-order valence-electron chi connectivity index (χ3n) is 6.14. The highest BCUT2D eigenvalue weighted by Gasteiger charge is 2.58. The monoisotopic (exact) mass is 349 g/mol. The Hall–Kier alpha value is -1.92. The highest BCUT2D eigenvalue weighted by molar-refractivity contribution is 5.87. The summed E-state index contributed by atoms with van der Waals surface area (Å²) >= 11 is 0. The van der Waals surface area contributed by atoms with Crippen LogP contribution < -0.4 is 5.32 Å². The van der Waals surface area contributed by atoms with E-state index in [1.165, 1.54) is 0 Å². The van der Waals surface area contributed by atoms with Gasteiger partial charge in [0.1, 0.15) is 12.2 Å². The Morgan fingerprint density at radius 3 is 2.64 bits per heavy atom. The molecule has 25 heavy (non-hydrogen) atoms. The minimum absolute atomic E-state index is 0.0223. The van der Waals surface area contributed by atoms with E-state index in [0.717, 1.165) is 25.2 Å². The number of carbonyl (C=O) groups excluding carboxylic acids is 2. The van der Waals surface area contributed by atoms with Crippen molar-refractivity contribution in [1.82, 2.24) is 25.0 Å². The van der Waals surface area contributed by atoms with E-state index in [-0.39, 0.29) is 23.1 Å². The third kappa shape index (κ3) is 3.41. The fraction of sp³-hybridized carbons (Fsp3) is 0.778. The van der Waals surface area contributed by atoms with E-state index >= 15 is 0 Å². The maximum absolute atomic E-state index is 12.9. The molecule has 1 heterocycles. The van der Waals surface area contributed by atoms with Gasteiger partial charge in [0.25, 0.3) is 0 Å². The zero-order valence-electron chi connectivity index (χ0n) is 16.3. The molecule has 2 amide bonds. The van der Waals surface area contributed by atoms with Gasteiger partial charge in [-0.3, -0.25) is 9.59 Å². The normalized spacial score (nSPS) is 25.0. The predicted molar refractivity (Wildman–Crippen MR) is 95.7 cm³/mol. The molecule has 0 aromatic carbocycles. The summed E-state index contributed by atoms with van der Waals surface area (Å²) in [6, 6.07) is 0. The number of aryl methyl sites for hydroxylation is 1. The molecule has 1 aliphatic carbocycles. The number of nitrogens with zero attached hydrogens (tertiary/aromatic N) is 4. The maximum Gasteiger partial charge on any atom is 0.226 e. The molecule has 7 nitrogen and oxygen atoms in total. The standard InChI is InChI=1S/C18H31N5O2/c1-7-23-12-20-21-14(23)9-11-19-16(25)18(4)10-8-13(17(18,2)3)15(24)22(5)6/h12-13H,7-11H2,1-6H3,(H,19,25)/t13-,18+/m0/s1. The number of hydrogen-bond donors (Lipinski definition) is 1. The van der Waals surface area contributed by atoms with E-state index in [2.05, 4.69) is 15.5 Å². The third-order valence-corrected chi connectivity index (χ3v) is 6.14. The van der Waals surface area contributed by atoms with Crippen molar-refractivity contribution in [2.24, 2.45) is 16.7 Å². The number of carbonyl (C=O) groups is 2. The topological polar surface area (TPSA) is 80.1 Å². The predicted octanol–water partition coefficient (Wildman–Crippen LogP) is 1.49. The van der Waals surface area contributed by atoms with Gasteiger partial charge < -0.3 is 14.8 Å². The van der Waals surface area contributed by atoms with Gasteiger partial charge in [0.2, 0.25) is 11.8 Å². The zero-order chi connectivity index (χ0) is 18.8. The fourth-order valence-corrected chi connectivity index (χ4v) is 3.87. The molecule has 0 unspecified atom stereocenters. The molecule has 0 radical (unpaired) electrons. The smallest absolute Gasteiger partial charge is 0.226 e. The lowest BCUT2D eigenvalue weighted by Gasteiger charge is -2.40. The average Bonchev–Trinajstić information content (AvgIpc) is 3.10. The number of nitrogens with one attached hydrogen (secondary N) is 1. The lowest BCUT2D eigenvalue weighted by molar-refractivity contribution is -0.142. The number of rotatable bonds is 6. The maximum atomic E-state index is 12.9. The summed E-state index contributed by atoms with van der Waals surface area (Å²) in [5.41, 5.74) is -0.941. The second-order valence-corrected chi connectivity index (χ2v) is 7.92. The van der Waals surface area contributed by atoms with Crippen LogP contribution in [0.1, 0.15) is 46.4 Å². The summed E-state index contributed by atoms with van der Waals surface area (Å²) in [4.78, 5) is 27.0. The second-order valence-electron chi connectivity index (χ2n) is 7.92. The minimum Gasteiger partial charge on any atom is -0.355 e. The molecule has 0 bridgehead atoms. The average molecular weight is 349 g/mol. The highest BCUT2D eigenvalue weighted by atomic mass is 16.2. The van der Waals surface area contributed by atoms with Crippen LogP contribution in [0.3, 0.4) is 0 Å². The Morgan fingerprint density at radius 2 is 2.04 bits per heavy atom. The van der Waals surface area contributed by atoms with Gasteiger partial charge in [-0.05, 0) is 25.2 Å². The summed E-state index contributed by atoms with van der Waals surface area (Å²) in [6.45, 7) is 9.44. The van der Waals surface area contributed by atoms with Crippen LogP contribution in [0.2, 0.25) is 0 Å². The first-order chi connectivity index (χ1) is 11.6. The van der Waals surface area contributed by atoms with Gasteiger partial charge >= 0.3 is 0 Å². The van der Waals surface area contributed by atoms with Gasteiger partial charge in [-0.15, -0.1) is 10.2 Å². The molecule has 0 aliphatic heterocycles. The first-order valence-corrected chi connectivity index (χ1v) is 9.01. The van der Waals surface area contributed by atoms with Crippen molar-refractivity contribution in [3.63, 3.8) is 0 Å². The molecule has 140 valence electrons. The molecule has 1 fully saturated rings.